The van der Waals surface area contributed by atoms with E-state index in [1.807, 2.05) is 43.3 Å². The smallest absolute Gasteiger partial charge is 0.255 e. The fourth-order valence-electron chi connectivity index (χ4n) is 3.42. The Morgan fingerprint density at radius 1 is 0.875 bits per heavy atom. The van der Waals surface area contributed by atoms with Crippen LogP contribution in [0.3, 0.4) is 0 Å². The molecular weight excluding hydrogens is 404 g/mol. The molecule has 0 saturated heterocycles. The van der Waals surface area contributed by atoms with Crippen molar-refractivity contribution in [3.63, 3.8) is 0 Å². The first kappa shape index (κ1) is 19.6. The number of carbonyl (C=O) groups excluding carboxylic acids is 1. The van der Waals surface area contributed by atoms with Gasteiger partial charge in [-0.2, -0.15) is 0 Å². The van der Waals surface area contributed by atoms with Crippen molar-refractivity contribution in [2.24, 2.45) is 0 Å². The van der Waals surface area contributed by atoms with Crippen molar-refractivity contribution in [1.29, 1.82) is 0 Å². The van der Waals surface area contributed by atoms with Gasteiger partial charge in [-0.3, -0.25) is 4.79 Å². The van der Waals surface area contributed by atoms with Gasteiger partial charge in [-0.25, -0.2) is 9.97 Å². The van der Waals surface area contributed by atoms with E-state index in [4.69, 9.17) is 9.47 Å². The van der Waals surface area contributed by atoms with Gasteiger partial charge >= 0.3 is 0 Å². The number of amides is 1. The molecule has 0 aliphatic carbocycles. The molecule has 32 heavy (non-hydrogen) atoms. The number of ether oxygens (including phenoxy) is 2. The van der Waals surface area contributed by atoms with Gasteiger partial charge in [-0.1, -0.05) is 23.8 Å². The number of benzene rings is 3. The molecule has 0 unspecified atom stereocenters. The lowest BCUT2D eigenvalue weighted by Gasteiger charge is -2.09. The SMILES string of the molecule is Cc1cccc(-c2cc(Nc3ccc(C(=O)Nc4ccc5c(c4)OCO5)cc3)ncn2)c1. The fourth-order valence-corrected chi connectivity index (χ4v) is 3.42. The zero-order valence-corrected chi connectivity index (χ0v) is 17.3. The van der Waals surface area contributed by atoms with Gasteiger partial charge in [0.05, 0.1) is 5.69 Å². The van der Waals surface area contributed by atoms with Gasteiger partial charge in [0.15, 0.2) is 11.5 Å². The van der Waals surface area contributed by atoms with Crippen LogP contribution in [0.15, 0.2) is 79.1 Å². The van der Waals surface area contributed by atoms with E-state index in [1.54, 1.807) is 30.3 Å². The van der Waals surface area contributed by atoms with Gasteiger partial charge in [0.25, 0.3) is 5.91 Å². The van der Waals surface area contributed by atoms with Gasteiger partial charge in [0, 0.05) is 34.6 Å². The maximum Gasteiger partial charge on any atom is 0.255 e. The monoisotopic (exact) mass is 424 g/mol. The second kappa shape index (κ2) is 8.39. The Morgan fingerprint density at radius 2 is 1.69 bits per heavy atom. The number of nitrogens with zero attached hydrogens (tertiary/aromatic N) is 2. The summed E-state index contributed by atoms with van der Waals surface area (Å²) < 4.78 is 10.6. The van der Waals surface area contributed by atoms with Crippen LogP contribution >= 0.6 is 0 Å². The predicted octanol–water partition coefficient (Wildman–Crippen LogP) is 5.18. The third kappa shape index (κ3) is 4.22. The quantitative estimate of drug-likeness (QED) is 0.459. The van der Waals surface area contributed by atoms with Crippen LogP contribution in [0.5, 0.6) is 11.5 Å². The molecule has 5 rings (SSSR count). The van der Waals surface area contributed by atoms with Crippen molar-refractivity contribution >= 4 is 23.1 Å². The lowest BCUT2D eigenvalue weighted by Crippen LogP contribution is -2.11. The number of nitrogens with one attached hydrogen (secondary N) is 2. The number of hydrogen-bond acceptors (Lipinski definition) is 6. The Balaban J connectivity index is 1.27. The lowest BCUT2D eigenvalue weighted by atomic mass is 10.1. The summed E-state index contributed by atoms with van der Waals surface area (Å²) in [6.45, 7) is 2.24. The summed E-state index contributed by atoms with van der Waals surface area (Å²) in [6, 6.07) is 22.5. The third-order valence-electron chi connectivity index (χ3n) is 5.03. The number of carbonyl (C=O) groups is 1. The van der Waals surface area contributed by atoms with E-state index < -0.39 is 0 Å². The summed E-state index contributed by atoms with van der Waals surface area (Å²) in [6.07, 6.45) is 1.53. The third-order valence-corrected chi connectivity index (χ3v) is 5.03. The molecule has 3 aromatic carbocycles. The van der Waals surface area contributed by atoms with E-state index in [2.05, 4.69) is 26.7 Å². The summed E-state index contributed by atoms with van der Waals surface area (Å²) >= 11 is 0. The molecule has 1 aliphatic rings. The number of hydrogen-bond donors (Lipinski definition) is 2. The molecule has 1 aliphatic heterocycles. The molecule has 0 bridgehead atoms. The number of rotatable bonds is 5. The van der Waals surface area contributed by atoms with Gasteiger partial charge in [-0.15, -0.1) is 0 Å². The standard InChI is InChI=1S/C25H20N4O3/c1-16-3-2-4-18(11-16)21-13-24(27-14-26-21)28-19-7-5-17(6-8-19)25(30)29-20-9-10-22-23(12-20)32-15-31-22/h2-14H,15H2,1H3,(H,29,30)(H,26,27,28). The van der Waals surface area contributed by atoms with E-state index >= 15 is 0 Å². The largest absolute Gasteiger partial charge is 0.454 e. The molecule has 0 fully saturated rings. The molecule has 1 aromatic heterocycles. The Labute approximate surface area is 185 Å². The Morgan fingerprint density at radius 3 is 2.53 bits per heavy atom. The summed E-state index contributed by atoms with van der Waals surface area (Å²) in [5.41, 5.74) is 5.04. The minimum absolute atomic E-state index is 0.194. The summed E-state index contributed by atoms with van der Waals surface area (Å²) in [5.74, 6) is 1.76. The van der Waals surface area contributed by atoms with Crippen molar-refractivity contribution in [2.75, 3.05) is 17.4 Å². The number of fused-ring (bicyclic) bond motifs is 1. The van der Waals surface area contributed by atoms with Crippen molar-refractivity contribution in [2.45, 2.75) is 6.92 Å². The number of anilines is 3. The molecular formula is C25H20N4O3. The highest BCUT2D eigenvalue weighted by molar-refractivity contribution is 6.04. The molecule has 0 saturated carbocycles. The zero-order valence-electron chi connectivity index (χ0n) is 17.3. The summed E-state index contributed by atoms with van der Waals surface area (Å²) in [5, 5.41) is 6.13. The highest BCUT2D eigenvalue weighted by Crippen LogP contribution is 2.34. The van der Waals surface area contributed by atoms with Crippen LogP contribution < -0.4 is 20.1 Å². The summed E-state index contributed by atoms with van der Waals surface area (Å²) in [4.78, 5) is 21.3. The van der Waals surface area contributed by atoms with Crippen molar-refractivity contribution < 1.29 is 14.3 Å². The molecule has 2 N–H and O–H groups in total. The first-order valence-corrected chi connectivity index (χ1v) is 10.1. The van der Waals surface area contributed by atoms with E-state index in [9.17, 15) is 4.79 Å². The summed E-state index contributed by atoms with van der Waals surface area (Å²) in [7, 11) is 0. The average Bonchev–Trinajstić information content (AvgIpc) is 3.28. The molecule has 0 spiro atoms. The number of aromatic nitrogens is 2. The first-order valence-electron chi connectivity index (χ1n) is 10.1. The van der Waals surface area contributed by atoms with Gasteiger partial charge < -0.3 is 20.1 Å². The Kier molecular flexibility index (Phi) is 5.13. The van der Waals surface area contributed by atoms with Crippen molar-refractivity contribution in [3.05, 3.63) is 90.3 Å². The lowest BCUT2D eigenvalue weighted by molar-refractivity contribution is 0.102. The molecule has 0 atom stereocenters. The van der Waals surface area contributed by atoms with Crippen LogP contribution in [0.1, 0.15) is 15.9 Å². The van der Waals surface area contributed by atoms with Gasteiger partial charge in [0.2, 0.25) is 6.79 Å². The minimum Gasteiger partial charge on any atom is -0.454 e. The van der Waals surface area contributed by atoms with Gasteiger partial charge in [0.1, 0.15) is 12.1 Å². The van der Waals surface area contributed by atoms with Crippen LogP contribution in [0.2, 0.25) is 0 Å². The molecule has 2 heterocycles. The molecule has 1 amide bonds. The fraction of sp³-hybridized carbons (Fsp3) is 0.0800. The normalized spacial score (nSPS) is 11.8. The molecule has 0 radical (unpaired) electrons. The maximum atomic E-state index is 12.6. The molecule has 4 aromatic rings. The van der Waals surface area contributed by atoms with E-state index in [0.717, 1.165) is 16.9 Å². The zero-order chi connectivity index (χ0) is 21.9. The van der Waals surface area contributed by atoms with Crippen molar-refractivity contribution in [1.82, 2.24) is 9.97 Å². The van der Waals surface area contributed by atoms with Crippen LogP contribution in [0.25, 0.3) is 11.3 Å². The molecule has 7 heteroatoms. The first-order chi connectivity index (χ1) is 15.6. The second-order valence-corrected chi connectivity index (χ2v) is 7.38. The molecule has 158 valence electrons. The second-order valence-electron chi connectivity index (χ2n) is 7.38. The van der Waals surface area contributed by atoms with Gasteiger partial charge in [-0.05, 0) is 49.4 Å². The topological polar surface area (TPSA) is 85.4 Å². The highest BCUT2D eigenvalue weighted by Gasteiger charge is 2.14. The van der Waals surface area contributed by atoms with Crippen LogP contribution in [0, 0.1) is 6.92 Å². The Hall–Kier alpha value is -4.39. The van der Waals surface area contributed by atoms with E-state index in [-0.39, 0.29) is 12.7 Å². The van der Waals surface area contributed by atoms with E-state index in [0.29, 0.717) is 28.6 Å². The predicted molar refractivity (Wildman–Crippen MR) is 122 cm³/mol. The molecule has 7 nitrogen and oxygen atoms in total. The van der Waals surface area contributed by atoms with Crippen molar-refractivity contribution in [3.8, 4) is 22.8 Å². The maximum absolute atomic E-state index is 12.6. The Bertz CT molecular complexity index is 1290. The van der Waals surface area contributed by atoms with E-state index in [1.165, 1.54) is 11.9 Å². The average molecular weight is 424 g/mol. The van der Waals surface area contributed by atoms with Crippen LogP contribution in [0.4, 0.5) is 17.2 Å². The van der Waals surface area contributed by atoms with Crippen LogP contribution in [-0.2, 0) is 0 Å². The minimum atomic E-state index is -0.209. The van der Waals surface area contributed by atoms with Crippen LogP contribution in [-0.4, -0.2) is 22.7 Å². The number of aryl methyl sites for hydroxylation is 1. The highest BCUT2D eigenvalue weighted by atomic mass is 16.7.